The van der Waals surface area contributed by atoms with E-state index >= 15 is 0 Å². The van der Waals surface area contributed by atoms with Crippen LogP contribution in [0.15, 0.2) is 30.5 Å². The fourth-order valence-electron chi connectivity index (χ4n) is 1.79. The molecule has 0 radical (unpaired) electrons. The normalized spacial score (nSPS) is 10.2. The van der Waals surface area contributed by atoms with E-state index in [0.717, 1.165) is 5.69 Å². The van der Waals surface area contributed by atoms with Crippen LogP contribution in [0.1, 0.15) is 16.1 Å². The van der Waals surface area contributed by atoms with Crippen LogP contribution in [0.2, 0.25) is 0 Å². The zero-order valence-corrected chi connectivity index (χ0v) is 10.9. The maximum atomic E-state index is 12.1. The van der Waals surface area contributed by atoms with Crippen molar-refractivity contribution in [3.05, 3.63) is 41.7 Å². The van der Waals surface area contributed by atoms with Crippen LogP contribution < -0.4 is 15.8 Å². The largest absolute Gasteiger partial charge is 0.494 e. The molecule has 0 unspecified atom stereocenters. The fraction of sp³-hybridized carbons (Fsp3) is 0.231. The topological polar surface area (TPSA) is 82.2 Å². The minimum Gasteiger partial charge on any atom is -0.494 e. The maximum absolute atomic E-state index is 12.1. The van der Waals surface area contributed by atoms with Crippen LogP contribution in [0.4, 0.5) is 5.69 Å². The number of carbonyl (C=O) groups is 1. The van der Waals surface area contributed by atoms with E-state index in [2.05, 4.69) is 10.4 Å². The van der Waals surface area contributed by atoms with E-state index in [1.807, 2.05) is 19.3 Å². The Morgan fingerprint density at radius 1 is 1.47 bits per heavy atom. The third kappa shape index (κ3) is 2.85. The minimum atomic E-state index is -0.241. The van der Waals surface area contributed by atoms with Gasteiger partial charge in [-0.25, -0.2) is 0 Å². The van der Waals surface area contributed by atoms with Gasteiger partial charge in [-0.2, -0.15) is 5.10 Å². The number of carbonyl (C=O) groups excluding carboxylic acids is 1. The monoisotopic (exact) mass is 260 g/mol. The molecule has 1 aromatic heterocycles. The molecule has 6 nitrogen and oxygen atoms in total. The number of ether oxygens (including phenoxy) is 1. The summed E-state index contributed by atoms with van der Waals surface area (Å²) >= 11 is 0. The summed E-state index contributed by atoms with van der Waals surface area (Å²) in [6.45, 7) is 0.359. The molecule has 3 N–H and O–H groups in total. The summed E-state index contributed by atoms with van der Waals surface area (Å²) in [5.74, 6) is 0.149. The number of aryl methyl sites for hydroxylation is 1. The molecule has 0 bridgehead atoms. The lowest BCUT2D eigenvalue weighted by atomic mass is 10.1. The molecule has 1 amide bonds. The number of methoxy groups -OCH3 is 1. The van der Waals surface area contributed by atoms with Gasteiger partial charge in [0.05, 0.1) is 30.6 Å². The predicted molar refractivity (Wildman–Crippen MR) is 71.8 cm³/mol. The molecule has 0 atom stereocenters. The molecule has 0 aliphatic carbocycles. The highest BCUT2D eigenvalue weighted by molar-refractivity contribution is 5.98. The Hall–Kier alpha value is -2.50. The highest BCUT2D eigenvalue weighted by Crippen LogP contribution is 2.25. The smallest absolute Gasteiger partial charge is 0.255 e. The number of aromatic nitrogens is 2. The van der Waals surface area contributed by atoms with Gasteiger partial charge < -0.3 is 15.8 Å². The summed E-state index contributed by atoms with van der Waals surface area (Å²) in [4.78, 5) is 12.1. The van der Waals surface area contributed by atoms with Crippen molar-refractivity contribution >= 4 is 11.6 Å². The van der Waals surface area contributed by atoms with Crippen LogP contribution in [0, 0.1) is 0 Å². The molecule has 1 aromatic carbocycles. The highest BCUT2D eigenvalue weighted by Gasteiger charge is 2.14. The Bertz CT molecular complexity index is 592. The minimum absolute atomic E-state index is 0.241. The van der Waals surface area contributed by atoms with Crippen molar-refractivity contribution in [1.82, 2.24) is 15.1 Å². The van der Waals surface area contributed by atoms with Gasteiger partial charge in [0.15, 0.2) is 5.75 Å². The van der Waals surface area contributed by atoms with Crippen molar-refractivity contribution in [3.8, 4) is 5.75 Å². The molecule has 0 fully saturated rings. The standard InChI is InChI=1S/C13H16N4O2/c1-17-7-6-9(16-17)8-15-13(18)10-4-3-5-11(14)12(10)19-2/h3-7H,8,14H2,1-2H3,(H,15,18). The second-order valence-corrected chi connectivity index (χ2v) is 4.09. The third-order valence-corrected chi connectivity index (χ3v) is 2.69. The number of para-hydroxylation sites is 1. The molecule has 0 spiro atoms. The molecular formula is C13H16N4O2. The summed E-state index contributed by atoms with van der Waals surface area (Å²) in [5, 5.41) is 6.96. The summed E-state index contributed by atoms with van der Waals surface area (Å²) in [7, 11) is 3.31. The van der Waals surface area contributed by atoms with Crippen molar-refractivity contribution < 1.29 is 9.53 Å². The van der Waals surface area contributed by atoms with E-state index < -0.39 is 0 Å². The van der Waals surface area contributed by atoms with Crippen LogP contribution in [0.3, 0.4) is 0 Å². The molecule has 6 heteroatoms. The molecule has 100 valence electrons. The number of hydrogen-bond acceptors (Lipinski definition) is 4. The number of nitrogens with two attached hydrogens (primary N) is 1. The van der Waals surface area contributed by atoms with Crippen molar-refractivity contribution in [1.29, 1.82) is 0 Å². The van der Waals surface area contributed by atoms with Gasteiger partial charge in [0.1, 0.15) is 0 Å². The summed E-state index contributed by atoms with van der Waals surface area (Å²) in [6.07, 6.45) is 1.82. The summed E-state index contributed by atoms with van der Waals surface area (Å²) in [6, 6.07) is 6.92. The van der Waals surface area contributed by atoms with Gasteiger partial charge in [0, 0.05) is 13.2 Å². The van der Waals surface area contributed by atoms with Gasteiger partial charge in [0.25, 0.3) is 5.91 Å². The number of amides is 1. The van der Waals surface area contributed by atoms with Crippen LogP contribution >= 0.6 is 0 Å². The van der Waals surface area contributed by atoms with E-state index in [9.17, 15) is 4.79 Å². The van der Waals surface area contributed by atoms with Crippen LogP contribution in [0.25, 0.3) is 0 Å². The van der Waals surface area contributed by atoms with Gasteiger partial charge in [-0.1, -0.05) is 6.07 Å². The third-order valence-electron chi connectivity index (χ3n) is 2.69. The predicted octanol–water partition coefficient (Wildman–Crippen LogP) is 0.941. The second kappa shape index (κ2) is 5.43. The first-order valence-corrected chi connectivity index (χ1v) is 5.81. The average molecular weight is 260 g/mol. The number of nitrogens with one attached hydrogen (secondary N) is 1. The first-order chi connectivity index (χ1) is 9.11. The highest BCUT2D eigenvalue weighted by atomic mass is 16.5. The van der Waals surface area contributed by atoms with Crippen LogP contribution in [0.5, 0.6) is 5.75 Å². The quantitative estimate of drug-likeness (QED) is 0.801. The first-order valence-electron chi connectivity index (χ1n) is 5.81. The van der Waals surface area contributed by atoms with Gasteiger partial charge >= 0.3 is 0 Å². The van der Waals surface area contributed by atoms with Gasteiger partial charge in [-0.3, -0.25) is 9.48 Å². The maximum Gasteiger partial charge on any atom is 0.255 e. The number of nitrogen functional groups attached to an aromatic ring is 1. The lowest BCUT2D eigenvalue weighted by molar-refractivity contribution is 0.0947. The Labute approximate surface area is 111 Å². The van der Waals surface area contributed by atoms with Crippen molar-refractivity contribution in [2.45, 2.75) is 6.54 Å². The van der Waals surface area contributed by atoms with E-state index in [1.165, 1.54) is 7.11 Å². The van der Waals surface area contributed by atoms with E-state index in [4.69, 9.17) is 10.5 Å². The SMILES string of the molecule is COc1c(N)cccc1C(=O)NCc1ccn(C)n1. The Morgan fingerprint density at radius 2 is 2.26 bits per heavy atom. The molecule has 0 aliphatic heterocycles. The van der Waals surface area contributed by atoms with Crippen molar-refractivity contribution in [2.24, 2.45) is 7.05 Å². The van der Waals surface area contributed by atoms with Crippen molar-refractivity contribution in [2.75, 3.05) is 12.8 Å². The lowest BCUT2D eigenvalue weighted by Crippen LogP contribution is -2.23. The summed E-state index contributed by atoms with van der Waals surface area (Å²) in [5.41, 5.74) is 7.40. The molecule has 2 rings (SSSR count). The zero-order chi connectivity index (χ0) is 13.8. The molecule has 0 saturated carbocycles. The molecule has 19 heavy (non-hydrogen) atoms. The Balaban J connectivity index is 2.10. The molecule has 0 aliphatic rings. The molecule has 0 saturated heterocycles. The number of hydrogen-bond donors (Lipinski definition) is 2. The zero-order valence-electron chi connectivity index (χ0n) is 10.9. The van der Waals surface area contributed by atoms with Crippen LogP contribution in [-0.4, -0.2) is 22.8 Å². The lowest BCUT2D eigenvalue weighted by Gasteiger charge is -2.10. The number of nitrogens with zero attached hydrogens (tertiary/aromatic N) is 2. The second-order valence-electron chi connectivity index (χ2n) is 4.09. The molecular weight excluding hydrogens is 244 g/mol. The van der Waals surface area contributed by atoms with E-state index in [0.29, 0.717) is 23.5 Å². The Morgan fingerprint density at radius 3 is 2.89 bits per heavy atom. The number of rotatable bonds is 4. The molecule has 2 aromatic rings. The van der Waals surface area contributed by atoms with Crippen molar-refractivity contribution in [3.63, 3.8) is 0 Å². The average Bonchev–Trinajstić information content (AvgIpc) is 2.81. The Kier molecular flexibility index (Phi) is 3.70. The number of anilines is 1. The van der Waals surface area contributed by atoms with Crippen LogP contribution in [-0.2, 0) is 13.6 Å². The van der Waals surface area contributed by atoms with Gasteiger partial charge in [0.2, 0.25) is 0 Å². The first kappa shape index (κ1) is 12.9. The van der Waals surface area contributed by atoms with Gasteiger partial charge in [-0.05, 0) is 18.2 Å². The fourth-order valence-corrected chi connectivity index (χ4v) is 1.79. The van der Waals surface area contributed by atoms with Gasteiger partial charge in [-0.15, -0.1) is 0 Å². The number of benzene rings is 1. The van der Waals surface area contributed by atoms with E-state index in [1.54, 1.807) is 22.9 Å². The van der Waals surface area contributed by atoms with E-state index in [-0.39, 0.29) is 5.91 Å². The summed E-state index contributed by atoms with van der Waals surface area (Å²) < 4.78 is 6.83. The molecule has 1 heterocycles.